The predicted octanol–water partition coefficient (Wildman–Crippen LogP) is 1.57. The fourth-order valence-corrected chi connectivity index (χ4v) is 4.35. The summed E-state index contributed by atoms with van der Waals surface area (Å²) in [5.74, 6) is -0.914. The molecule has 134 valence electrons. The first-order chi connectivity index (χ1) is 11.9. The predicted molar refractivity (Wildman–Crippen MR) is 90.6 cm³/mol. The summed E-state index contributed by atoms with van der Waals surface area (Å²) in [6.07, 6.45) is 0. The van der Waals surface area contributed by atoms with Crippen LogP contribution in [0.25, 0.3) is 0 Å². The van der Waals surface area contributed by atoms with Gasteiger partial charge in [0.25, 0.3) is 10.0 Å². The highest BCUT2D eigenvalue weighted by Crippen LogP contribution is 2.31. The van der Waals surface area contributed by atoms with E-state index in [2.05, 4.69) is 0 Å². The number of nitrogens with two attached hydrogens (primary N) is 1. The van der Waals surface area contributed by atoms with E-state index < -0.39 is 16.0 Å². The molecule has 3 rings (SSSR count). The zero-order valence-corrected chi connectivity index (χ0v) is 14.6. The molecule has 1 fully saturated rings. The third kappa shape index (κ3) is 3.46. The third-order valence-electron chi connectivity index (χ3n) is 4.21. The molecule has 25 heavy (non-hydrogen) atoms. The van der Waals surface area contributed by atoms with Crippen molar-refractivity contribution in [1.82, 2.24) is 4.31 Å². The molecule has 2 N–H and O–H groups in total. The van der Waals surface area contributed by atoms with Crippen LogP contribution in [0.5, 0.6) is 0 Å². The first-order valence-corrected chi connectivity index (χ1v) is 9.45. The minimum Gasteiger partial charge on any atom is -0.460 e. The maximum atomic E-state index is 12.8. The van der Waals surface area contributed by atoms with Gasteiger partial charge in [0.2, 0.25) is 10.9 Å². The van der Waals surface area contributed by atoms with Crippen molar-refractivity contribution in [3.63, 3.8) is 0 Å². The van der Waals surface area contributed by atoms with Gasteiger partial charge in [-0.1, -0.05) is 30.3 Å². The average molecular weight is 364 g/mol. The van der Waals surface area contributed by atoms with Gasteiger partial charge in [0.1, 0.15) is 0 Å². The number of benzene rings is 1. The Kier molecular flexibility index (Phi) is 4.94. The number of sulfonamides is 1. The molecule has 0 radical (unpaired) electrons. The fourth-order valence-electron chi connectivity index (χ4n) is 2.94. The average Bonchev–Trinajstić information content (AvgIpc) is 3.23. The zero-order valence-electron chi connectivity index (χ0n) is 13.8. The lowest BCUT2D eigenvalue weighted by Crippen LogP contribution is -2.32. The second kappa shape index (κ2) is 6.99. The SMILES string of the molecule is CCOC(=O)c1ccc(S(=O)(=O)N2C[C@@H](N)[C@H](c3ccccc3)C2)o1. The van der Waals surface area contributed by atoms with Crippen LogP contribution in [0.1, 0.15) is 29.0 Å². The van der Waals surface area contributed by atoms with E-state index in [1.807, 2.05) is 30.3 Å². The summed E-state index contributed by atoms with van der Waals surface area (Å²) >= 11 is 0. The minimum absolute atomic E-state index is 0.0875. The second-order valence-electron chi connectivity index (χ2n) is 5.84. The molecule has 0 amide bonds. The summed E-state index contributed by atoms with van der Waals surface area (Å²) < 4.78 is 36.9. The van der Waals surface area contributed by atoms with Crippen molar-refractivity contribution in [2.24, 2.45) is 5.73 Å². The molecule has 1 aromatic carbocycles. The van der Waals surface area contributed by atoms with Gasteiger partial charge >= 0.3 is 5.97 Å². The lowest BCUT2D eigenvalue weighted by Gasteiger charge is -2.15. The summed E-state index contributed by atoms with van der Waals surface area (Å²) in [6, 6.07) is 11.8. The highest BCUT2D eigenvalue weighted by molar-refractivity contribution is 7.89. The molecule has 1 aliphatic heterocycles. The van der Waals surface area contributed by atoms with Crippen molar-refractivity contribution < 1.29 is 22.4 Å². The molecule has 0 aliphatic carbocycles. The lowest BCUT2D eigenvalue weighted by atomic mass is 9.95. The van der Waals surface area contributed by atoms with Crippen molar-refractivity contribution in [2.75, 3.05) is 19.7 Å². The topological polar surface area (TPSA) is 103 Å². The molecule has 1 saturated heterocycles. The summed E-state index contributed by atoms with van der Waals surface area (Å²) in [5, 5.41) is -0.281. The van der Waals surface area contributed by atoms with Crippen molar-refractivity contribution in [3.8, 4) is 0 Å². The van der Waals surface area contributed by atoms with E-state index in [0.717, 1.165) is 5.56 Å². The molecule has 1 aromatic heterocycles. The molecule has 1 aliphatic rings. The van der Waals surface area contributed by atoms with Crippen LogP contribution < -0.4 is 5.73 Å². The molecule has 0 saturated carbocycles. The first-order valence-electron chi connectivity index (χ1n) is 8.01. The molecule has 0 spiro atoms. The maximum Gasteiger partial charge on any atom is 0.374 e. The van der Waals surface area contributed by atoms with E-state index in [1.54, 1.807) is 6.92 Å². The maximum absolute atomic E-state index is 12.8. The van der Waals surface area contributed by atoms with Crippen molar-refractivity contribution in [1.29, 1.82) is 0 Å². The van der Waals surface area contributed by atoms with Gasteiger partial charge in [-0.25, -0.2) is 13.2 Å². The van der Waals surface area contributed by atoms with Crippen LogP contribution in [-0.4, -0.2) is 44.4 Å². The number of hydrogen-bond donors (Lipinski definition) is 1. The van der Waals surface area contributed by atoms with Crippen LogP contribution in [-0.2, 0) is 14.8 Å². The van der Waals surface area contributed by atoms with Crippen molar-refractivity contribution in [2.45, 2.75) is 24.0 Å². The number of carbonyl (C=O) groups excluding carboxylic acids is 1. The highest BCUT2D eigenvalue weighted by Gasteiger charge is 2.39. The van der Waals surface area contributed by atoms with E-state index in [9.17, 15) is 13.2 Å². The molecule has 2 heterocycles. The minimum atomic E-state index is -3.86. The van der Waals surface area contributed by atoms with Crippen LogP contribution in [0.2, 0.25) is 0 Å². The van der Waals surface area contributed by atoms with E-state index in [-0.39, 0.29) is 42.5 Å². The Morgan fingerprint density at radius 2 is 1.96 bits per heavy atom. The molecular formula is C17H20N2O5S. The second-order valence-corrected chi connectivity index (χ2v) is 7.71. The molecule has 8 heteroatoms. The van der Waals surface area contributed by atoms with Crippen LogP contribution in [0.15, 0.2) is 52.0 Å². The standard InChI is InChI=1S/C17H20N2O5S/c1-2-23-17(20)15-8-9-16(24-15)25(21,22)19-10-13(14(18)11-19)12-6-4-3-5-7-12/h3-9,13-14H,2,10-11,18H2,1H3/t13-,14+/m0/s1. The van der Waals surface area contributed by atoms with E-state index >= 15 is 0 Å². The molecule has 7 nitrogen and oxygen atoms in total. The summed E-state index contributed by atoms with van der Waals surface area (Å²) in [5.41, 5.74) is 7.16. The van der Waals surface area contributed by atoms with Gasteiger partial charge in [0, 0.05) is 25.0 Å². The van der Waals surface area contributed by atoms with E-state index in [1.165, 1.54) is 16.4 Å². The molecular weight excluding hydrogens is 344 g/mol. The Balaban J connectivity index is 1.80. The molecule has 0 unspecified atom stereocenters. The molecule has 2 atom stereocenters. The van der Waals surface area contributed by atoms with Crippen LogP contribution in [0.4, 0.5) is 0 Å². The summed E-state index contributed by atoms with van der Waals surface area (Å²) in [6.45, 7) is 2.30. The van der Waals surface area contributed by atoms with Crippen molar-refractivity contribution >= 4 is 16.0 Å². The van der Waals surface area contributed by atoms with Gasteiger partial charge < -0.3 is 14.9 Å². The number of ether oxygens (including phenoxy) is 1. The Labute approximate surface area is 146 Å². The number of hydrogen-bond acceptors (Lipinski definition) is 6. The van der Waals surface area contributed by atoms with Gasteiger partial charge in [-0.15, -0.1) is 0 Å². The van der Waals surface area contributed by atoms with Gasteiger partial charge in [-0.3, -0.25) is 0 Å². The number of nitrogens with zero attached hydrogens (tertiary/aromatic N) is 1. The number of rotatable bonds is 5. The highest BCUT2D eigenvalue weighted by atomic mass is 32.2. The number of esters is 1. The number of carbonyl (C=O) groups is 1. The number of furan rings is 1. The Bertz CT molecular complexity index is 847. The van der Waals surface area contributed by atoms with E-state index in [4.69, 9.17) is 14.9 Å². The Morgan fingerprint density at radius 1 is 1.24 bits per heavy atom. The Morgan fingerprint density at radius 3 is 2.64 bits per heavy atom. The van der Waals surface area contributed by atoms with Gasteiger partial charge in [-0.2, -0.15) is 4.31 Å². The van der Waals surface area contributed by atoms with Gasteiger partial charge in [0.05, 0.1) is 6.61 Å². The smallest absolute Gasteiger partial charge is 0.374 e. The van der Waals surface area contributed by atoms with Crippen molar-refractivity contribution in [3.05, 3.63) is 53.8 Å². The van der Waals surface area contributed by atoms with E-state index in [0.29, 0.717) is 0 Å². The van der Waals surface area contributed by atoms with Crippen LogP contribution in [0.3, 0.4) is 0 Å². The quantitative estimate of drug-likeness (QED) is 0.808. The van der Waals surface area contributed by atoms with Gasteiger partial charge in [-0.05, 0) is 24.6 Å². The first kappa shape index (κ1) is 17.7. The van der Waals surface area contributed by atoms with Crippen LogP contribution in [0, 0.1) is 0 Å². The third-order valence-corrected chi connectivity index (χ3v) is 5.92. The normalized spacial score (nSPS) is 21.4. The van der Waals surface area contributed by atoms with Gasteiger partial charge in [0.15, 0.2) is 0 Å². The zero-order chi connectivity index (χ0) is 18.0. The Hall–Kier alpha value is -2.16. The summed E-state index contributed by atoms with van der Waals surface area (Å²) in [7, 11) is -3.86. The molecule has 0 bridgehead atoms. The molecule has 2 aromatic rings. The lowest BCUT2D eigenvalue weighted by molar-refractivity contribution is 0.0483. The summed E-state index contributed by atoms with van der Waals surface area (Å²) in [4.78, 5) is 11.7. The fraction of sp³-hybridized carbons (Fsp3) is 0.353. The van der Waals surface area contributed by atoms with Crippen LogP contribution >= 0.6 is 0 Å². The largest absolute Gasteiger partial charge is 0.460 e. The monoisotopic (exact) mass is 364 g/mol.